The van der Waals surface area contributed by atoms with Gasteiger partial charge in [-0.1, -0.05) is 36.5 Å². The van der Waals surface area contributed by atoms with Crippen LogP contribution in [-0.4, -0.2) is 19.5 Å². The SMILES string of the molecule is C=CCOc1c(I)cc(/C=C2\Sc3ccccc3C2=O)cc1OC. The Morgan fingerprint density at radius 1 is 1.29 bits per heavy atom. The lowest BCUT2D eigenvalue weighted by Gasteiger charge is -2.12. The van der Waals surface area contributed by atoms with E-state index >= 15 is 0 Å². The Labute approximate surface area is 158 Å². The summed E-state index contributed by atoms with van der Waals surface area (Å²) in [6, 6.07) is 11.5. The Hall–Kier alpha value is -1.73. The normalized spacial score (nSPS) is 14.6. The number of thioether (sulfide) groups is 1. The average Bonchev–Trinajstić information content (AvgIpc) is 2.90. The topological polar surface area (TPSA) is 35.5 Å². The highest BCUT2D eigenvalue weighted by Gasteiger charge is 2.25. The molecule has 24 heavy (non-hydrogen) atoms. The maximum absolute atomic E-state index is 12.5. The number of rotatable bonds is 5. The Bertz CT molecular complexity index is 843. The van der Waals surface area contributed by atoms with Gasteiger partial charge >= 0.3 is 0 Å². The van der Waals surface area contributed by atoms with Crippen LogP contribution in [0.5, 0.6) is 11.5 Å². The second-order valence-corrected chi connectivity index (χ2v) is 7.32. The predicted molar refractivity (Wildman–Crippen MR) is 106 cm³/mol. The molecule has 0 atom stereocenters. The highest BCUT2D eigenvalue weighted by molar-refractivity contribution is 14.1. The largest absolute Gasteiger partial charge is 0.493 e. The second-order valence-electron chi connectivity index (χ2n) is 5.07. The van der Waals surface area contributed by atoms with Crippen LogP contribution in [0.2, 0.25) is 0 Å². The molecule has 0 N–H and O–H groups in total. The molecule has 122 valence electrons. The van der Waals surface area contributed by atoms with Gasteiger partial charge in [-0.05, 0) is 58.5 Å². The number of benzene rings is 2. The van der Waals surface area contributed by atoms with Crippen LogP contribution in [0, 0.1) is 3.57 Å². The second kappa shape index (κ2) is 7.44. The van der Waals surface area contributed by atoms with Crippen LogP contribution >= 0.6 is 34.4 Å². The van der Waals surface area contributed by atoms with Gasteiger partial charge in [0.05, 0.1) is 15.6 Å². The zero-order chi connectivity index (χ0) is 17.1. The number of halogens is 1. The van der Waals surface area contributed by atoms with Gasteiger partial charge in [0.25, 0.3) is 0 Å². The number of hydrogen-bond donors (Lipinski definition) is 0. The minimum Gasteiger partial charge on any atom is -0.493 e. The molecule has 0 bridgehead atoms. The quantitative estimate of drug-likeness (QED) is 0.357. The first-order valence-corrected chi connectivity index (χ1v) is 9.18. The number of allylic oxidation sites excluding steroid dienone is 1. The molecule has 2 aromatic rings. The fourth-order valence-corrected chi connectivity index (χ4v) is 4.23. The van der Waals surface area contributed by atoms with Crippen LogP contribution in [0.25, 0.3) is 6.08 Å². The number of fused-ring (bicyclic) bond motifs is 1. The molecule has 2 aromatic carbocycles. The first-order valence-electron chi connectivity index (χ1n) is 7.28. The van der Waals surface area contributed by atoms with Gasteiger partial charge in [-0.2, -0.15) is 0 Å². The molecule has 3 rings (SSSR count). The monoisotopic (exact) mass is 450 g/mol. The van der Waals surface area contributed by atoms with E-state index in [9.17, 15) is 4.79 Å². The lowest BCUT2D eigenvalue weighted by molar-refractivity contribution is 0.104. The predicted octanol–water partition coefficient (Wildman–Crippen LogP) is 5.19. The third kappa shape index (κ3) is 3.37. The van der Waals surface area contributed by atoms with E-state index in [1.165, 1.54) is 11.8 Å². The van der Waals surface area contributed by atoms with Gasteiger partial charge in [-0.3, -0.25) is 4.79 Å². The zero-order valence-corrected chi connectivity index (χ0v) is 16.0. The molecule has 3 nitrogen and oxygen atoms in total. The molecule has 0 aliphatic carbocycles. The van der Waals surface area contributed by atoms with Crippen LogP contribution in [0.1, 0.15) is 15.9 Å². The Kier molecular flexibility index (Phi) is 5.30. The van der Waals surface area contributed by atoms with E-state index < -0.39 is 0 Å². The van der Waals surface area contributed by atoms with Gasteiger partial charge in [0.15, 0.2) is 11.5 Å². The van der Waals surface area contributed by atoms with Crippen molar-refractivity contribution in [2.24, 2.45) is 0 Å². The summed E-state index contributed by atoms with van der Waals surface area (Å²) in [7, 11) is 1.61. The van der Waals surface area contributed by atoms with E-state index in [0.29, 0.717) is 23.0 Å². The molecule has 1 aliphatic rings. The van der Waals surface area contributed by atoms with Crippen LogP contribution in [0.15, 0.2) is 58.9 Å². The number of carbonyl (C=O) groups is 1. The van der Waals surface area contributed by atoms with E-state index in [4.69, 9.17) is 9.47 Å². The molecule has 0 amide bonds. The van der Waals surface area contributed by atoms with E-state index in [2.05, 4.69) is 29.2 Å². The molecule has 0 radical (unpaired) electrons. The van der Waals surface area contributed by atoms with Crippen molar-refractivity contribution in [3.63, 3.8) is 0 Å². The summed E-state index contributed by atoms with van der Waals surface area (Å²) in [5.41, 5.74) is 1.67. The van der Waals surface area contributed by atoms with Crippen LogP contribution in [-0.2, 0) is 0 Å². The van der Waals surface area contributed by atoms with Crippen LogP contribution < -0.4 is 9.47 Å². The summed E-state index contributed by atoms with van der Waals surface area (Å²) in [5.74, 6) is 1.40. The maximum Gasteiger partial charge on any atom is 0.200 e. The Balaban J connectivity index is 1.95. The number of carbonyl (C=O) groups excluding carboxylic acids is 1. The van der Waals surface area contributed by atoms with Crippen molar-refractivity contribution < 1.29 is 14.3 Å². The smallest absolute Gasteiger partial charge is 0.200 e. The van der Waals surface area contributed by atoms with Gasteiger partial charge in [0.2, 0.25) is 5.78 Å². The third-order valence-electron chi connectivity index (χ3n) is 3.47. The van der Waals surface area contributed by atoms with Crippen molar-refractivity contribution in [1.82, 2.24) is 0 Å². The molecule has 1 heterocycles. The molecule has 0 saturated heterocycles. The fourth-order valence-electron chi connectivity index (χ4n) is 2.39. The zero-order valence-electron chi connectivity index (χ0n) is 13.0. The van der Waals surface area contributed by atoms with Crippen molar-refractivity contribution in [2.45, 2.75) is 4.90 Å². The minimum absolute atomic E-state index is 0.0663. The third-order valence-corrected chi connectivity index (χ3v) is 5.37. The Morgan fingerprint density at radius 2 is 2.08 bits per heavy atom. The van der Waals surface area contributed by atoms with Gasteiger partial charge in [0, 0.05) is 10.5 Å². The summed E-state index contributed by atoms with van der Waals surface area (Å²) < 4.78 is 12.0. The van der Waals surface area contributed by atoms with E-state index in [1.54, 1.807) is 13.2 Å². The van der Waals surface area contributed by atoms with E-state index in [0.717, 1.165) is 19.6 Å². The first-order chi connectivity index (χ1) is 11.6. The van der Waals surface area contributed by atoms with Gasteiger partial charge < -0.3 is 9.47 Å². The molecule has 0 saturated carbocycles. The van der Waals surface area contributed by atoms with Crippen molar-refractivity contribution in [1.29, 1.82) is 0 Å². The van der Waals surface area contributed by atoms with Crippen molar-refractivity contribution >= 4 is 46.2 Å². The summed E-state index contributed by atoms with van der Waals surface area (Å²) in [6.07, 6.45) is 3.59. The van der Waals surface area contributed by atoms with Crippen LogP contribution in [0.4, 0.5) is 0 Å². The van der Waals surface area contributed by atoms with Gasteiger partial charge in [0.1, 0.15) is 6.61 Å². The summed E-state index contributed by atoms with van der Waals surface area (Å²) in [4.78, 5) is 14.2. The van der Waals surface area contributed by atoms with E-state index in [1.807, 2.05) is 42.5 Å². The highest BCUT2D eigenvalue weighted by atomic mass is 127. The molecule has 0 fully saturated rings. The standard InChI is InChI=1S/C19H15IO3S/c1-3-8-23-19-14(20)9-12(10-15(19)22-2)11-17-18(21)13-6-4-5-7-16(13)24-17/h3-7,9-11H,1,8H2,2H3/b17-11-. The number of ketones is 1. The molecule has 1 aliphatic heterocycles. The Morgan fingerprint density at radius 3 is 2.79 bits per heavy atom. The molecular weight excluding hydrogens is 435 g/mol. The number of hydrogen-bond acceptors (Lipinski definition) is 4. The van der Waals surface area contributed by atoms with Crippen molar-refractivity contribution in [3.05, 3.63) is 68.7 Å². The van der Waals surface area contributed by atoms with Crippen molar-refractivity contribution in [2.75, 3.05) is 13.7 Å². The molecule has 5 heteroatoms. The fraction of sp³-hybridized carbons (Fsp3) is 0.105. The molecule has 0 aromatic heterocycles. The number of Topliss-reactive ketones (excluding diaryl/α,β-unsaturated/α-hetero) is 1. The number of methoxy groups -OCH3 is 1. The maximum atomic E-state index is 12.5. The summed E-state index contributed by atoms with van der Waals surface area (Å²) >= 11 is 3.71. The lowest BCUT2D eigenvalue weighted by Crippen LogP contribution is -1.99. The number of ether oxygens (including phenoxy) is 2. The van der Waals surface area contributed by atoms with E-state index in [-0.39, 0.29) is 5.78 Å². The molecular formula is C19H15IO3S. The summed E-state index contributed by atoms with van der Waals surface area (Å²) in [6.45, 7) is 4.07. The molecule has 0 spiro atoms. The molecule has 0 unspecified atom stereocenters. The van der Waals surface area contributed by atoms with Crippen molar-refractivity contribution in [3.8, 4) is 11.5 Å². The minimum atomic E-state index is 0.0663. The summed E-state index contributed by atoms with van der Waals surface area (Å²) in [5, 5.41) is 0. The lowest BCUT2D eigenvalue weighted by atomic mass is 10.1. The highest BCUT2D eigenvalue weighted by Crippen LogP contribution is 2.41. The van der Waals surface area contributed by atoms with Gasteiger partial charge in [-0.15, -0.1) is 0 Å². The van der Waals surface area contributed by atoms with Crippen LogP contribution in [0.3, 0.4) is 0 Å². The average molecular weight is 450 g/mol. The van der Waals surface area contributed by atoms with Gasteiger partial charge in [-0.25, -0.2) is 0 Å². The first kappa shape index (κ1) is 17.1.